The van der Waals surface area contributed by atoms with Crippen LogP contribution in [0.25, 0.3) is 0 Å². The van der Waals surface area contributed by atoms with Gasteiger partial charge in [0.15, 0.2) is 11.5 Å². The third kappa shape index (κ3) is 3.81. The molecule has 0 aliphatic heterocycles. The minimum atomic E-state index is -3.62. The molecular weight excluding hydrogens is 356 g/mol. The van der Waals surface area contributed by atoms with Crippen LogP contribution in [0.5, 0.6) is 11.5 Å². The van der Waals surface area contributed by atoms with Crippen molar-refractivity contribution < 1.29 is 22.7 Å². The van der Waals surface area contributed by atoms with Crippen molar-refractivity contribution in [3.8, 4) is 11.5 Å². The largest absolute Gasteiger partial charge is 0.493 e. The predicted octanol–water partition coefficient (Wildman–Crippen LogP) is 2.51. The first-order chi connectivity index (χ1) is 12.2. The summed E-state index contributed by atoms with van der Waals surface area (Å²) in [5.41, 5.74) is 1.24. The summed E-state index contributed by atoms with van der Waals surface area (Å²) in [7, 11) is 2.23. The van der Waals surface area contributed by atoms with Crippen LogP contribution in [-0.4, -0.2) is 46.9 Å². The van der Waals surface area contributed by atoms with E-state index in [4.69, 9.17) is 9.47 Å². The average molecular weight is 378 g/mol. The molecule has 2 rings (SSSR count). The van der Waals surface area contributed by atoms with E-state index in [9.17, 15) is 13.2 Å². The summed E-state index contributed by atoms with van der Waals surface area (Å²) in [5.74, 6) is 0.304. The van der Waals surface area contributed by atoms with E-state index in [1.807, 2.05) is 0 Å². The molecule has 2 aromatic rings. The van der Waals surface area contributed by atoms with Crippen molar-refractivity contribution >= 4 is 21.6 Å². The van der Waals surface area contributed by atoms with Crippen LogP contribution < -0.4 is 14.8 Å². The summed E-state index contributed by atoms with van der Waals surface area (Å²) in [6.45, 7) is 1.70. The van der Waals surface area contributed by atoms with E-state index in [2.05, 4.69) is 5.32 Å². The van der Waals surface area contributed by atoms with E-state index in [1.165, 1.54) is 34.4 Å². The van der Waals surface area contributed by atoms with Gasteiger partial charge in [-0.15, -0.1) is 0 Å². The molecule has 0 radical (unpaired) electrons. The van der Waals surface area contributed by atoms with Crippen molar-refractivity contribution in [1.82, 2.24) is 4.31 Å². The van der Waals surface area contributed by atoms with Gasteiger partial charge in [0.25, 0.3) is 5.91 Å². The SMILES string of the molecule is COc1cccc(C(=O)Nc2ccc(C)c(S(=O)(=O)N(C)C)c2)c1OC. The Hall–Kier alpha value is -2.58. The third-order valence-corrected chi connectivity index (χ3v) is 5.81. The number of aryl methyl sites for hydroxylation is 1. The fourth-order valence-corrected chi connectivity index (χ4v) is 3.56. The van der Waals surface area contributed by atoms with Crippen molar-refractivity contribution in [3.63, 3.8) is 0 Å². The highest BCUT2D eigenvalue weighted by atomic mass is 32.2. The van der Waals surface area contributed by atoms with Gasteiger partial charge >= 0.3 is 0 Å². The molecule has 0 atom stereocenters. The van der Waals surface area contributed by atoms with Crippen molar-refractivity contribution in [3.05, 3.63) is 47.5 Å². The first-order valence-corrected chi connectivity index (χ1v) is 9.22. The van der Waals surface area contributed by atoms with E-state index in [1.54, 1.807) is 37.3 Å². The molecule has 26 heavy (non-hydrogen) atoms. The number of nitrogens with one attached hydrogen (secondary N) is 1. The molecule has 1 amide bonds. The van der Waals surface area contributed by atoms with Crippen LogP contribution in [0.2, 0.25) is 0 Å². The summed E-state index contributed by atoms with van der Waals surface area (Å²) in [4.78, 5) is 12.8. The van der Waals surface area contributed by atoms with Crippen molar-refractivity contribution in [2.45, 2.75) is 11.8 Å². The zero-order valence-corrected chi connectivity index (χ0v) is 16.2. The van der Waals surface area contributed by atoms with Crippen LogP contribution in [-0.2, 0) is 10.0 Å². The number of carbonyl (C=O) groups excluding carboxylic acids is 1. The Balaban J connectivity index is 2.40. The zero-order valence-electron chi connectivity index (χ0n) is 15.4. The summed E-state index contributed by atoms with van der Waals surface area (Å²) >= 11 is 0. The molecule has 8 heteroatoms. The number of rotatable bonds is 6. The second-order valence-electron chi connectivity index (χ2n) is 5.76. The van der Waals surface area contributed by atoms with E-state index in [0.717, 1.165) is 4.31 Å². The number of anilines is 1. The quantitative estimate of drug-likeness (QED) is 0.835. The third-order valence-electron chi connectivity index (χ3n) is 3.85. The van der Waals surface area contributed by atoms with Gasteiger partial charge < -0.3 is 14.8 Å². The van der Waals surface area contributed by atoms with Gasteiger partial charge in [-0.05, 0) is 36.8 Å². The van der Waals surface area contributed by atoms with E-state index < -0.39 is 15.9 Å². The van der Waals surface area contributed by atoms with Crippen LogP contribution in [0.1, 0.15) is 15.9 Å². The molecule has 7 nitrogen and oxygen atoms in total. The van der Waals surface area contributed by atoms with Crippen molar-refractivity contribution in [2.75, 3.05) is 33.6 Å². The molecule has 1 N–H and O–H groups in total. The summed E-state index contributed by atoms with van der Waals surface area (Å²) < 4.78 is 36.4. The molecule has 0 saturated heterocycles. The normalized spacial score (nSPS) is 11.3. The second-order valence-corrected chi connectivity index (χ2v) is 7.88. The molecular formula is C18H22N2O5S. The Morgan fingerprint density at radius 1 is 1.08 bits per heavy atom. The standard InChI is InChI=1S/C18H22N2O5S/c1-12-9-10-13(11-16(12)26(22,23)20(2)3)19-18(21)14-7-6-8-15(24-4)17(14)25-5/h6-11H,1-5H3,(H,19,21). The van der Waals surface area contributed by atoms with Gasteiger partial charge in [-0.25, -0.2) is 12.7 Å². The second kappa shape index (κ2) is 7.76. The number of hydrogen-bond donors (Lipinski definition) is 1. The van der Waals surface area contributed by atoms with E-state index in [0.29, 0.717) is 22.7 Å². The number of para-hydroxylation sites is 1. The van der Waals surface area contributed by atoms with Gasteiger partial charge in [0.05, 0.1) is 24.7 Å². The number of nitrogens with zero attached hydrogens (tertiary/aromatic N) is 1. The molecule has 0 bridgehead atoms. The van der Waals surface area contributed by atoms with E-state index >= 15 is 0 Å². The maximum atomic E-state index is 12.6. The Morgan fingerprint density at radius 2 is 1.77 bits per heavy atom. The molecule has 140 valence electrons. The lowest BCUT2D eigenvalue weighted by atomic mass is 10.1. The Kier molecular flexibility index (Phi) is 5.89. The Labute approximate surface area is 153 Å². The Bertz CT molecular complexity index is 923. The predicted molar refractivity (Wildman–Crippen MR) is 99.6 cm³/mol. The van der Waals surface area contributed by atoms with Crippen LogP contribution in [0, 0.1) is 6.92 Å². The van der Waals surface area contributed by atoms with Gasteiger partial charge in [-0.3, -0.25) is 4.79 Å². The van der Waals surface area contributed by atoms with Crippen molar-refractivity contribution in [2.24, 2.45) is 0 Å². The van der Waals surface area contributed by atoms with Gasteiger partial charge in [-0.1, -0.05) is 12.1 Å². The molecule has 0 aliphatic carbocycles. The number of benzene rings is 2. The zero-order chi connectivity index (χ0) is 19.5. The molecule has 0 saturated carbocycles. The molecule has 0 aliphatic rings. The highest BCUT2D eigenvalue weighted by molar-refractivity contribution is 7.89. The van der Waals surface area contributed by atoms with Gasteiger partial charge in [0.2, 0.25) is 10.0 Å². The average Bonchev–Trinajstić information content (AvgIpc) is 2.62. The molecule has 0 aromatic heterocycles. The number of amides is 1. The van der Waals surface area contributed by atoms with E-state index in [-0.39, 0.29) is 10.5 Å². The number of carbonyl (C=O) groups is 1. The fourth-order valence-electron chi connectivity index (χ4n) is 2.42. The maximum absolute atomic E-state index is 12.6. The maximum Gasteiger partial charge on any atom is 0.259 e. The number of methoxy groups -OCH3 is 2. The summed E-state index contributed by atoms with van der Waals surface area (Å²) in [5, 5.41) is 2.71. The van der Waals surface area contributed by atoms with Gasteiger partial charge in [0.1, 0.15) is 0 Å². The first-order valence-electron chi connectivity index (χ1n) is 7.78. The first kappa shape index (κ1) is 19.7. The minimum absolute atomic E-state index is 0.137. The number of sulfonamides is 1. The molecule has 2 aromatic carbocycles. The Morgan fingerprint density at radius 3 is 2.35 bits per heavy atom. The summed E-state index contributed by atoms with van der Waals surface area (Å²) in [6.07, 6.45) is 0. The minimum Gasteiger partial charge on any atom is -0.493 e. The topological polar surface area (TPSA) is 84.9 Å². The van der Waals surface area contributed by atoms with Crippen LogP contribution >= 0.6 is 0 Å². The molecule has 0 spiro atoms. The van der Waals surface area contributed by atoms with Gasteiger partial charge in [0, 0.05) is 19.8 Å². The fraction of sp³-hybridized carbons (Fsp3) is 0.278. The van der Waals surface area contributed by atoms with Crippen LogP contribution in [0.4, 0.5) is 5.69 Å². The highest BCUT2D eigenvalue weighted by Crippen LogP contribution is 2.31. The summed E-state index contributed by atoms with van der Waals surface area (Å²) in [6, 6.07) is 9.69. The van der Waals surface area contributed by atoms with Crippen LogP contribution in [0.3, 0.4) is 0 Å². The smallest absolute Gasteiger partial charge is 0.259 e. The van der Waals surface area contributed by atoms with Gasteiger partial charge in [-0.2, -0.15) is 0 Å². The molecule has 0 unspecified atom stereocenters. The highest BCUT2D eigenvalue weighted by Gasteiger charge is 2.21. The number of ether oxygens (including phenoxy) is 2. The lowest BCUT2D eigenvalue weighted by Gasteiger charge is -2.16. The molecule has 0 heterocycles. The number of hydrogen-bond acceptors (Lipinski definition) is 5. The van der Waals surface area contributed by atoms with Crippen molar-refractivity contribution in [1.29, 1.82) is 0 Å². The molecule has 0 fully saturated rings. The lowest BCUT2D eigenvalue weighted by molar-refractivity contribution is 0.102. The monoisotopic (exact) mass is 378 g/mol. The van der Waals surface area contributed by atoms with Crippen LogP contribution in [0.15, 0.2) is 41.3 Å². The lowest BCUT2D eigenvalue weighted by Crippen LogP contribution is -2.23.